The van der Waals surface area contributed by atoms with Gasteiger partial charge in [-0.1, -0.05) is 33.6 Å². The van der Waals surface area contributed by atoms with E-state index in [0.29, 0.717) is 16.5 Å². The number of halogens is 2. The Balaban J connectivity index is 3.13. The van der Waals surface area contributed by atoms with Crippen molar-refractivity contribution >= 4 is 27.5 Å². The fraction of sp³-hybridized carbons (Fsp3) is 0.400. The number of methoxy groups -OCH3 is 2. The molecule has 1 aromatic rings. The number of hydrogen-bond acceptors (Lipinski definition) is 2. The highest BCUT2D eigenvalue weighted by Crippen LogP contribution is 2.37. The second-order valence-corrected chi connectivity index (χ2v) is 3.88. The summed E-state index contributed by atoms with van der Waals surface area (Å²) in [5.74, 6) is 1.27. The van der Waals surface area contributed by atoms with Crippen LogP contribution in [0, 0.1) is 0 Å². The van der Waals surface area contributed by atoms with Crippen molar-refractivity contribution in [3.63, 3.8) is 0 Å². The highest BCUT2D eigenvalue weighted by Gasteiger charge is 2.11. The van der Waals surface area contributed by atoms with Gasteiger partial charge in [-0.15, -0.1) is 0 Å². The summed E-state index contributed by atoms with van der Waals surface area (Å²) >= 11 is 9.52. The smallest absolute Gasteiger partial charge is 0.179 e. The first kappa shape index (κ1) is 11.7. The molecule has 0 bridgehead atoms. The van der Waals surface area contributed by atoms with Gasteiger partial charge in [-0.2, -0.15) is 0 Å². The van der Waals surface area contributed by atoms with Gasteiger partial charge in [0, 0.05) is 5.33 Å². The summed E-state index contributed by atoms with van der Waals surface area (Å²) in [4.78, 5) is 0. The van der Waals surface area contributed by atoms with Crippen molar-refractivity contribution in [2.24, 2.45) is 0 Å². The molecule has 14 heavy (non-hydrogen) atoms. The summed E-state index contributed by atoms with van der Waals surface area (Å²) in [6.07, 6.45) is 0.874. The molecule has 0 saturated carbocycles. The molecule has 0 spiro atoms. The molecule has 0 heterocycles. The van der Waals surface area contributed by atoms with Crippen molar-refractivity contribution in [2.75, 3.05) is 19.5 Å². The lowest BCUT2D eigenvalue weighted by atomic mass is 10.1. The molecule has 0 saturated heterocycles. The van der Waals surface area contributed by atoms with Gasteiger partial charge < -0.3 is 9.47 Å². The Labute approximate surface area is 97.3 Å². The lowest BCUT2D eigenvalue weighted by molar-refractivity contribution is 0.355. The maximum Gasteiger partial charge on any atom is 0.179 e. The van der Waals surface area contributed by atoms with Crippen LogP contribution in [-0.4, -0.2) is 19.5 Å². The van der Waals surface area contributed by atoms with Gasteiger partial charge in [-0.25, -0.2) is 0 Å². The predicted octanol–water partition coefficient (Wildman–Crippen LogP) is 3.29. The molecule has 0 fully saturated rings. The Kier molecular flexibility index (Phi) is 4.55. The van der Waals surface area contributed by atoms with Gasteiger partial charge in [0.1, 0.15) is 0 Å². The lowest BCUT2D eigenvalue weighted by Gasteiger charge is -2.11. The van der Waals surface area contributed by atoms with E-state index in [9.17, 15) is 0 Å². The van der Waals surface area contributed by atoms with Crippen molar-refractivity contribution in [3.8, 4) is 11.5 Å². The van der Waals surface area contributed by atoms with Crippen LogP contribution in [0.25, 0.3) is 0 Å². The number of aryl methyl sites for hydroxylation is 1. The van der Waals surface area contributed by atoms with Crippen LogP contribution in [0.15, 0.2) is 12.1 Å². The number of alkyl halides is 1. The molecule has 0 N–H and O–H groups in total. The molecular weight excluding hydrogens is 267 g/mol. The van der Waals surface area contributed by atoms with E-state index in [1.54, 1.807) is 14.2 Å². The summed E-state index contributed by atoms with van der Waals surface area (Å²) in [6.45, 7) is 0. The van der Waals surface area contributed by atoms with Gasteiger partial charge in [0.05, 0.1) is 19.2 Å². The summed E-state index contributed by atoms with van der Waals surface area (Å²) in [7, 11) is 3.18. The number of rotatable bonds is 4. The molecule has 2 nitrogen and oxygen atoms in total. The maximum absolute atomic E-state index is 6.15. The Hall–Kier alpha value is -0.410. The molecule has 0 amide bonds. The third-order valence-electron chi connectivity index (χ3n) is 1.93. The fourth-order valence-corrected chi connectivity index (χ4v) is 1.98. The molecule has 0 unspecified atom stereocenters. The standard InChI is InChI=1S/C10H12BrClO2/c1-13-8-4-3-7(5-6-11)9(12)10(8)14-2/h3-4H,5-6H2,1-2H3. The Morgan fingerprint density at radius 3 is 2.50 bits per heavy atom. The van der Waals surface area contributed by atoms with E-state index in [1.165, 1.54) is 0 Å². The first-order valence-electron chi connectivity index (χ1n) is 4.20. The van der Waals surface area contributed by atoms with Crippen molar-refractivity contribution in [1.82, 2.24) is 0 Å². The quantitative estimate of drug-likeness (QED) is 0.787. The molecule has 1 aromatic carbocycles. The van der Waals surface area contributed by atoms with Crippen molar-refractivity contribution < 1.29 is 9.47 Å². The van der Waals surface area contributed by atoms with Crippen LogP contribution in [0.1, 0.15) is 5.56 Å². The SMILES string of the molecule is COc1ccc(CCBr)c(Cl)c1OC. The lowest BCUT2D eigenvalue weighted by Crippen LogP contribution is -1.95. The molecule has 78 valence electrons. The summed E-state index contributed by atoms with van der Waals surface area (Å²) in [5.41, 5.74) is 1.06. The molecule has 0 atom stereocenters. The van der Waals surface area contributed by atoms with E-state index in [-0.39, 0.29) is 0 Å². The fourth-order valence-electron chi connectivity index (χ4n) is 1.22. The third-order valence-corrected chi connectivity index (χ3v) is 2.74. The molecule has 4 heteroatoms. The summed E-state index contributed by atoms with van der Waals surface area (Å²) in [6, 6.07) is 3.81. The van der Waals surface area contributed by atoms with Crippen LogP contribution in [0.3, 0.4) is 0 Å². The average molecular weight is 280 g/mol. The normalized spacial score (nSPS) is 10.0. The minimum absolute atomic E-state index is 0.604. The molecule has 0 aromatic heterocycles. The topological polar surface area (TPSA) is 18.5 Å². The molecule has 1 rings (SSSR count). The zero-order chi connectivity index (χ0) is 10.6. The summed E-state index contributed by atoms with van der Waals surface area (Å²) in [5, 5.41) is 1.51. The molecule has 0 aliphatic heterocycles. The van der Waals surface area contributed by atoms with Crippen LogP contribution in [0.2, 0.25) is 5.02 Å². The van der Waals surface area contributed by atoms with Crippen molar-refractivity contribution in [2.45, 2.75) is 6.42 Å². The first-order chi connectivity index (χ1) is 6.74. The Morgan fingerprint density at radius 2 is 2.00 bits per heavy atom. The van der Waals surface area contributed by atoms with Crippen LogP contribution >= 0.6 is 27.5 Å². The molecule has 0 radical (unpaired) electrons. The Bertz CT molecular complexity index is 315. The zero-order valence-corrected chi connectivity index (χ0v) is 10.5. The van der Waals surface area contributed by atoms with E-state index in [4.69, 9.17) is 21.1 Å². The van der Waals surface area contributed by atoms with E-state index in [1.807, 2.05) is 12.1 Å². The largest absolute Gasteiger partial charge is 0.493 e. The average Bonchev–Trinajstić information content (AvgIpc) is 2.21. The minimum atomic E-state index is 0.604. The van der Waals surface area contributed by atoms with Gasteiger partial charge in [-0.05, 0) is 18.1 Å². The predicted molar refractivity (Wildman–Crippen MR) is 62.1 cm³/mol. The van der Waals surface area contributed by atoms with Crippen LogP contribution in [0.4, 0.5) is 0 Å². The van der Waals surface area contributed by atoms with E-state index >= 15 is 0 Å². The van der Waals surface area contributed by atoms with Crippen molar-refractivity contribution in [1.29, 1.82) is 0 Å². The summed E-state index contributed by atoms with van der Waals surface area (Å²) < 4.78 is 10.3. The van der Waals surface area contributed by atoms with Crippen LogP contribution < -0.4 is 9.47 Å². The van der Waals surface area contributed by atoms with E-state index in [2.05, 4.69) is 15.9 Å². The number of benzene rings is 1. The van der Waals surface area contributed by atoms with Gasteiger partial charge >= 0.3 is 0 Å². The Morgan fingerprint density at radius 1 is 1.29 bits per heavy atom. The molecular formula is C10H12BrClO2. The van der Waals surface area contributed by atoms with Gasteiger partial charge in [-0.3, -0.25) is 0 Å². The first-order valence-corrected chi connectivity index (χ1v) is 5.69. The van der Waals surface area contributed by atoms with Crippen molar-refractivity contribution in [3.05, 3.63) is 22.7 Å². The molecule has 0 aliphatic rings. The van der Waals surface area contributed by atoms with Gasteiger partial charge in [0.2, 0.25) is 0 Å². The number of ether oxygens (including phenoxy) is 2. The van der Waals surface area contributed by atoms with Gasteiger partial charge in [0.25, 0.3) is 0 Å². The minimum Gasteiger partial charge on any atom is -0.493 e. The monoisotopic (exact) mass is 278 g/mol. The zero-order valence-electron chi connectivity index (χ0n) is 8.14. The van der Waals surface area contributed by atoms with Gasteiger partial charge in [0.15, 0.2) is 11.5 Å². The van der Waals surface area contributed by atoms with Crippen LogP contribution in [0.5, 0.6) is 11.5 Å². The second kappa shape index (κ2) is 5.47. The van der Waals surface area contributed by atoms with E-state index < -0.39 is 0 Å². The number of hydrogen-bond donors (Lipinski definition) is 0. The highest BCUT2D eigenvalue weighted by molar-refractivity contribution is 9.09. The maximum atomic E-state index is 6.15. The van der Waals surface area contributed by atoms with E-state index in [0.717, 1.165) is 17.3 Å². The molecule has 0 aliphatic carbocycles. The van der Waals surface area contributed by atoms with Crippen LogP contribution in [-0.2, 0) is 6.42 Å². The second-order valence-electron chi connectivity index (χ2n) is 2.71. The third kappa shape index (κ3) is 2.34. The highest BCUT2D eigenvalue weighted by atomic mass is 79.9.